The molecule has 0 amide bonds. The summed E-state index contributed by atoms with van der Waals surface area (Å²) in [5.74, 6) is 0.619. The molecule has 15 heavy (non-hydrogen) atoms. The maximum Gasteiger partial charge on any atom is 0.235 e. The van der Waals surface area contributed by atoms with Crippen molar-refractivity contribution in [2.24, 2.45) is 11.3 Å². The predicted octanol–water partition coefficient (Wildman–Crippen LogP) is 2.22. The molecule has 4 heteroatoms. The van der Waals surface area contributed by atoms with Gasteiger partial charge < -0.3 is 0 Å². The largest absolute Gasteiger partial charge is 0.235 e. The monoisotopic (exact) mass is 231 g/mol. The Kier molecular flexibility index (Phi) is 3.61. The van der Waals surface area contributed by atoms with Gasteiger partial charge >= 0.3 is 0 Å². The fourth-order valence-corrected chi connectivity index (χ4v) is 3.01. The molecule has 0 radical (unpaired) electrons. The SMILES string of the molecule is C=CS(=O)(=O)N1CCC(C(C)(C)C)CC1. The van der Waals surface area contributed by atoms with Crippen LogP contribution in [0.15, 0.2) is 12.0 Å². The van der Waals surface area contributed by atoms with Crippen LogP contribution in [0.4, 0.5) is 0 Å². The highest BCUT2D eigenvalue weighted by Gasteiger charge is 2.31. The molecule has 88 valence electrons. The molecule has 0 aromatic carbocycles. The Bertz CT molecular complexity index is 319. The van der Waals surface area contributed by atoms with Gasteiger partial charge in [0.25, 0.3) is 0 Å². The van der Waals surface area contributed by atoms with Gasteiger partial charge in [0.15, 0.2) is 0 Å². The Hall–Kier alpha value is -0.350. The van der Waals surface area contributed by atoms with E-state index in [1.54, 1.807) is 0 Å². The molecule has 0 spiro atoms. The molecule has 3 nitrogen and oxygen atoms in total. The van der Waals surface area contributed by atoms with E-state index in [4.69, 9.17) is 0 Å². The summed E-state index contributed by atoms with van der Waals surface area (Å²) in [7, 11) is -3.19. The summed E-state index contributed by atoms with van der Waals surface area (Å²) in [5.41, 5.74) is 0.282. The van der Waals surface area contributed by atoms with Crippen LogP contribution in [0.25, 0.3) is 0 Å². The second kappa shape index (κ2) is 4.26. The summed E-state index contributed by atoms with van der Waals surface area (Å²) >= 11 is 0. The second-order valence-electron chi connectivity index (χ2n) is 5.25. The summed E-state index contributed by atoms with van der Waals surface area (Å²) in [6.45, 7) is 11.3. The van der Waals surface area contributed by atoms with Crippen molar-refractivity contribution in [2.75, 3.05) is 13.1 Å². The predicted molar refractivity (Wildman–Crippen MR) is 62.9 cm³/mol. The van der Waals surface area contributed by atoms with Crippen LogP contribution in [0, 0.1) is 11.3 Å². The third-order valence-electron chi connectivity index (χ3n) is 3.25. The quantitative estimate of drug-likeness (QED) is 0.730. The molecule has 0 aromatic heterocycles. The van der Waals surface area contributed by atoms with E-state index in [1.165, 1.54) is 4.31 Å². The third-order valence-corrected chi connectivity index (χ3v) is 4.76. The van der Waals surface area contributed by atoms with E-state index < -0.39 is 10.0 Å². The van der Waals surface area contributed by atoms with Crippen LogP contribution in [0.2, 0.25) is 0 Å². The van der Waals surface area contributed by atoms with E-state index >= 15 is 0 Å². The van der Waals surface area contributed by atoms with Crippen molar-refractivity contribution in [3.63, 3.8) is 0 Å². The van der Waals surface area contributed by atoms with Gasteiger partial charge in [-0.05, 0) is 24.2 Å². The molecule has 0 saturated carbocycles. The standard InChI is InChI=1S/C11H21NO2S/c1-5-15(13,14)12-8-6-10(7-9-12)11(2,3)4/h5,10H,1,6-9H2,2-4H3. The van der Waals surface area contributed by atoms with Crippen LogP contribution < -0.4 is 0 Å². The molecule has 1 aliphatic heterocycles. The van der Waals surface area contributed by atoms with E-state index in [2.05, 4.69) is 27.4 Å². The van der Waals surface area contributed by atoms with E-state index in [9.17, 15) is 8.42 Å². The molecule has 0 N–H and O–H groups in total. The molecule has 1 saturated heterocycles. The second-order valence-corrected chi connectivity index (χ2v) is 7.13. The van der Waals surface area contributed by atoms with Gasteiger partial charge in [-0.15, -0.1) is 0 Å². The molecule has 0 unspecified atom stereocenters. The number of hydrogen-bond acceptors (Lipinski definition) is 2. The van der Waals surface area contributed by atoms with Gasteiger partial charge in [-0.3, -0.25) is 0 Å². The maximum absolute atomic E-state index is 11.5. The first-order valence-electron chi connectivity index (χ1n) is 5.40. The van der Waals surface area contributed by atoms with Crippen LogP contribution in [0.5, 0.6) is 0 Å². The average Bonchev–Trinajstić information content (AvgIpc) is 2.17. The van der Waals surface area contributed by atoms with Gasteiger partial charge in [0.05, 0.1) is 0 Å². The number of nitrogens with zero attached hydrogens (tertiary/aromatic N) is 1. The average molecular weight is 231 g/mol. The molecule has 0 aromatic rings. The molecule has 0 bridgehead atoms. The van der Waals surface area contributed by atoms with Gasteiger partial charge in [0.2, 0.25) is 10.0 Å². The minimum atomic E-state index is -3.19. The highest BCUT2D eigenvalue weighted by atomic mass is 32.2. The zero-order chi connectivity index (χ0) is 11.7. The molecule has 1 heterocycles. The fourth-order valence-electron chi connectivity index (χ4n) is 2.08. The minimum absolute atomic E-state index is 0.282. The van der Waals surface area contributed by atoms with Gasteiger partial charge in [0, 0.05) is 18.5 Å². The van der Waals surface area contributed by atoms with E-state index in [0.717, 1.165) is 18.2 Å². The van der Waals surface area contributed by atoms with Crippen molar-refractivity contribution in [1.82, 2.24) is 4.31 Å². The Morgan fingerprint density at radius 3 is 2.07 bits per heavy atom. The minimum Gasteiger partial charge on any atom is -0.208 e. The van der Waals surface area contributed by atoms with Crippen LogP contribution in [0.3, 0.4) is 0 Å². The van der Waals surface area contributed by atoms with Crippen molar-refractivity contribution in [2.45, 2.75) is 33.6 Å². The van der Waals surface area contributed by atoms with Crippen molar-refractivity contribution in [3.05, 3.63) is 12.0 Å². The van der Waals surface area contributed by atoms with Crippen molar-refractivity contribution in [3.8, 4) is 0 Å². The highest BCUT2D eigenvalue weighted by molar-refractivity contribution is 7.92. The van der Waals surface area contributed by atoms with Gasteiger partial charge in [-0.1, -0.05) is 27.4 Å². The lowest BCUT2D eigenvalue weighted by atomic mass is 9.76. The van der Waals surface area contributed by atoms with Crippen LogP contribution in [-0.4, -0.2) is 25.8 Å². The first-order chi connectivity index (χ1) is 6.77. The van der Waals surface area contributed by atoms with E-state index in [0.29, 0.717) is 19.0 Å². The van der Waals surface area contributed by atoms with Gasteiger partial charge in [-0.2, -0.15) is 4.31 Å². The molecule has 0 atom stereocenters. The third kappa shape index (κ3) is 3.05. The Morgan fingerprint density at radius 1 is 1.27 bits per heavy atom. The summed E-state index contributed by atoms with van der Waals surface area (Å²) in [6, 6.07) is 0. The first kappa shape index (κ1) is 12.7. The number of piperidine rings is 1. The fraction of sp³-hybridized carbons (Fsp3) is 0.818. The van der Waals surface area contributed by atoms with Crippen molar-refractivity contribution >= 4 is 10.0 Å². The first-order valence-corrected chi connectivity index (χ1v) is 6.90. The summed E-state index contributed by atoms with van der Waals surface area (Å²) in [4.78, 5) is 0. The van der Waals surface area contributed by atoms with Gasteiger partial charge in [-0.25, -0.2) is 8.42 Å². The molecule has 1 aliphatic rings. The lowest BCUT2D eigenvalue weighted by Gasteiger charge is -2.37. The van der Waals surface area contributed by atoms with Crippen LogP contribution in [0.1, 0.15) is 33.6 Å². The summed E-state index contributed by atoms with van der Waals surface area (Å²) < 4.78 is 24.6. The molecular formula is C11H21NO2S. The maximum atomic E-state index is 11.5. The topological polar surface area (TPSA) is 37.4 Å². The smallest absolute Gasteiger partial charge is 0.208 e. The Balaban J connectivity index is 2.61. The van der Waals surface area contributed by atoms with E-state index in [-0.39, 0.29) is 5.41 Å². The lowest BCUT2D eigenvalue weighted by molar-refractivity contribution is 0.154. The number of hydrogen-bond donors (Lipinski definition) is 0. The van der Waals surface area contributed by atoms with E-state index in [1.807, 2.05) is 0 Å². The Labute approximate surface area is 93.2 Å². The van der Waals surface area contributed by atoms with Crippen molar-refractivity contribution in [1.29, 1.82) is 0 Å². The van der Waals surface area contributed by atoms with Crippen molar-refractivity contribution < 1.29 is 8.42 Å². The molecule has 0 aliphatic carbocycles. The van der Waals surface area contributed by atoms with Gasteiger partial charge in [0.1, 0.15) is 0 Å². The summed E-state index contributed by atoms with van der Waals surface area (Å²) in [6.07, 6.45) is 1.91. The molecule has 1 rings (SSSR count). The Morgan fingerprint density at radius 2 is 1.73 bits per heavy atom. The molecule has 1 fully saturated rings. The molecular weight excluding hydrogens is 210 g/mol. The van der Waals surface area contributed by atoms with Crippen LogP contribution >= 0.6 is 0 Å². The number of sulfonamides is 1. The zero-order valence-corrected chi connectivity index (χ0v) is 10.7. The highest BCUT2D eigenvalue weighted by Crippen LogP contribution is 2.34. The number of rotatable bonds is 2. The zero-order valence-electron chi connectivity index (χ0n) is 9.86. The lowest BCUT2D eigenvalue weighted by Crippen LogP contribution is -2.40. The summed E-state index contributed by atoms with van der Waals surface area (Å²) in [5, 5.41) is 1.05. The normalized spacial score (nSPS) is 21.5. The van der Waals surface area contributed by atoms with Crippen LogP contribution in [-0.2, 0) is 10.0 Å².